The van der Waals surface area contributed by atoms with Crippen molar-refractivity contribution in [3.63, 3.8) is 0 Å². The van der Waals surface area contributed by atoms with Crippen LogP contribution in [0.1, 0.15) is 31.1 Å². The Kier molecular flexibility index (Phi) is 4.36. The molecule has 1 aromatic rings. The number of amides is 1. The standard InChI is InChI=1S/C12H16ClN3O3/c1-12(2,3)6-15-11(17)8-4-7(16(18)19)5-9(13)10(8)14/h4-5H,6,14H2,1-3H3,(H,15,17). The fraction of sp³-hybridized carbons (Fsp3) is 0.417. The van der Waals surface area contributed by atoms with E-state index in [0.717, 1.165) is 12.1 Å². The second kappa shape index (κ2) is 5.44. The average molecular weight is 286 g/mol. The summed E-state index contributed by atoms with van der Waals surface area (Å²) < 4.78 is 0. The molecule has 1 aromatic carbocycles. The number of nitrogens with zero attached hydrogens (tertiary/aromatic N) is 1. The normalized spacial score (nSPS) is 11.2. The van der Waals surface area contributed by atoms with Gasteiger partial charge in [0.05, 0.1) is 21.2 Å². The zero-order chi connectivity index (χ0) is 14.8. The summed E-state index contributed by atoms with van der Waals surface area (Å²) in [7, 11) is 0. The monoisotopic (exact) mass is 285 g/mol. The Balaban J connectivity index is 3.05. The van der Waals surface area contributed by atoms with Gasteiger partial charge in [0, 0.05) is 18.7 Å². The number of non-ortho nitro benzene ring substituents is 1. The summed E-state index contributed by atoms with van der Waals surface area (Å²) in [5, 5.41) is 13.4. The Bertz CT molecular complexity index is 524. The van der Waals surface area contributed by atoms with E-state index in [-0.39, 0.29) is 27.4 Å². The highest BCUT2D eigenvalue weighted by Crippen LogP contribution is 2.28. The molecule has 0 aliphatic rings. The summed E-state index contributed by atoms with van der Waals surface area (Å²) in [6.07, 6.45) is 0. The van der Waals surface area contributed by atoms with Crippen molar-refractivity contribution in [2.75, 3.05) is 12.3 Å². The minimum atomic E-state index is -0.619. The van der Waals surface area contributed by atoms with Crippen molar-refractivity contribution in [1.29, 1.82) is 0 Å². The zero-order valence-corrected chi connectivity index (χ0v) is 11.7. The highest BCUT2D eigenvalue weighted by molar-refractivity contribution is 6.34. The van der Waals surface area contributed by atoms with Crippen LogP contribution in [0.4, 0.5) is 11.4 Å². The first-order valence-electron chi connectivity index (χ1n) is 5.63. The van der Waals surface area contributed by atoms with Crippen LogP contribution in [0.5, 0.6) is 0 Å². The number of carbonyl (C=O) groups excluding carboxylic acids is 1. The van der Waals surface area contributed by atoms with Crippen LogP contribution in [0.25, 0.3) is 0 Å². The van der Waals surface area contributed by atoms with E-state index >= 15 is 0 Å². The van der Waals surface area contributed by atoms with Gasteiger partial charge in [-0.3, -0.25) is 14.9 Å². The highest BCUT2D eigenvalue weighted by Gasteiger charge is 2.20. The maximum Gasteiger partial charge on any atom is 0.271 e. The van der Waals surface area contributed by atoms with Crippen LogP contribution in [-0.4, -0.2) is 17.4 Å². The van der Waals surface area contributed by atoms with Crippen molar-refractivity contribution in [2.24, 2.45) is 5.41 Å². The minimum Gasteiger partial charge on any atom is -0.397 e. The first kappa shape index (κ1) is 15.2. The topological polar surface area (TPSA) is 98.3 Å². The summed E-state index contributed by atoms with van der Waals surface area (Å²) >= 11 is 5.79. The molecule has 0 bridgehead atoms. The highest BCUT2D eigenvalue weighted by atomic mass is 35.5. The van der Waals surface area contributed by atoms with Gasteiger partial charge in [0.15, 0.2) is 0 Å². The van der Waals surface area contributed by atoms with Gasteiger partial charge in [-0.15, -0.1) is 0 Å². The summed E-state index contributed by atoms with van der Waals surface area (Å²) in [5.74, 6) is -0.474. The third-order valence-corrected chi connectivity index (χ3v) is 2.66. The van der Waals surface area contributed by atoms with Gasteiger partial charge >= 0.3 is 0 Å². The largest absolute Gasteiger partial charge is 0.397 e. The van der Waals surface area contributed by atoms with Crippen LogP contribution in [0, 0.1) is 15.5 Å². The Morgan fingerprint density at radius 1 is 1.47 bits per heavy atom. The third kappa shape index (κ3) is 4.10. The lowest BCUT2D eigenvalue weighted by Gasteiger charge is -2.19. The molecule has 104 valence electrons. The van der Waals surface area contributed by atoms with Crippen LogP contribution in [0.3, 0.4) is 0 Å². The molecule has 0 saturated heterocycles. The molecule has 0 aromatic heterocycles. The third-order valence-electron chi connectivity index (χ3n) is 2.35. The summed E-state index contributed by atoms with van der Waals surface area (Å²) in [4.78, 5) is 22.1. The second-order valence-corrected chi connectivity index (χ2v) is 5.80. The number of nitrogens with two attached hydrogens (primary N) is 1. The van der Waals surface area contributed by atoms with Gasteiger partial charge in [0.2, 0.25) is 0 Å². The molecule has 0 spiro atoms. The molecular weight excluding hydrogens is 270 g/mol. The van der Waals surface area contributed by atoms with Crippen LogP contribution >= 0.6 is 11.6 Å². The number of nitro benzene ring substituents is 1. The van der Waals surface area contributed by atoms with Crippen molar-refractivity contribution in [3.05, 3.63) is 32.8 Å². The van der Waals surface area contributed by atoms with E-state index in [2.05, 4.69) is 5.32 Å². The molecule has 1 rings (SSSR count). The summed E-state index contributed by atoms with van der Waals surface area (Å²) in [6.45, 7) is 6.29. The van der Waals surface area contributed by atoms with Crippen LogP contribution in [0.2, 0.25) is 5.02 Å². The van der Waals surface area contributed by atoms with Crippen molar-refractivity contribution >= 4 is 28.9 Å². The minimum absolute atomic E-state index is 0.00453. The fourth-order valence-corrected chi connectivity index (χ4v) is 1.55. The van der Waals surface area contributed by atoms with Gasteiger partial charge < -0.3 is 11.1 Å². The molecule has 0 fully saturated rings. The van der Waals surface area contributed by atoms with E-state index in [9.17, 15) is 14.9 Å². The quantitative estimate of drug-likeness (QED) is 0.506. The summed E-state index contributed by atoms with van der Waals surface area (Å²) in [5.41, 5.74) is 5.37. The predicted octanol–water partition coefficient (Wildman–Crippen LogP) is 2.61. The van der Waals surface area contributed by atoms with Gasteiger partial charge in [-0.25, -0.2) is 0 Å². The van der Waals surface area contributed by atoms with Gasteiger partial charge in [-0.1, -0.05) is 32.4 Å². The van der Waals surface area contributed by atoms with E-state index in [1.54, 1.807) is 0 Å². The zero-order valence-electron chi connectivity index (χ0n) is 11.0. The molecule has 0 aliphatic heterocycles. The number of nitrogen functional groups attached to an aromatic ring is 1. The van der Waals surface area contributed by atoms with Gasteiger partial charge in [-0.2, -0.15) is 0 Å². The van der Waals surface area contributed by atoms with Crippen LogP contribution in [-0.2, 0) is 0 Å². The maximum atomic E-state index is 12.0. The second-order valence-electron chi connectivity index (χ2n) is 5.39. The average Bonchev–Trinajstić information content (AvgIpc) is 2.28. The Hall–Kier alpha value is -1.82. The Labute approximate surface area is 116 Å². The molecule has 7 heteroatoms. The number of anilines is 1. The van der Waals surface area contributed by atoms with Crippen molar-refractivity contribution < 1.29 is 9.72 Å². The number of halogens is 1. The molecule has 0 unspecified atom stereocenters. The number of hydrogen-bond acceptors (Lipinski definition) is 4. The maximum absolute atomic E-state index is 12.0. The van der Waals surface area contributed by atoms with E-state index in [4.69, 9.17) is 17.3 Å². The van der Waals surface area contributed by atoms with Crippen molar-refractivity contribution in [3.8, 4) is 0 Å². The number of rotatable bonds is 3. The smallest absolute Gasteiger partial charge is 0.271 e. The number of hydrogen-bond donors (Lipinski definition) is 2. The van der Waals surface area contributed by atoms with E-state index in [1.165, 1.54) is 0 Å². The van der Waals surface area contributed by atoms with E-state index < -0.39 is 10.8 Å². The fourth-order valence-electron chi connectivity index (χ4n) is 1.34. The first-order chi connectivity index (χ1) is 8.61. The number of benzene rings is 1. The van der Waals surface area contributed by atoms with Crippen molar-refractivity contribution in [2.45, 2.75) is 20.8 Å². The molecule has 0 atom stereocenters. The Morgan fingerprint density at radius 3 is 2.53 bits per heavy atom. The van der Waals surface area contributed by atoms with Crippen LogP contribution < -0.4 is 11.1 Å². The molecule has 0 heterocycles. The lowest BCUT2D eigenvalue weighted by atomic mass is 9.97. The van der Waals surface area contributed by atoms with Gasteiger partial charge in [0.1, 0.15) is 0 Å². The number of nitro groups is 1. The van der Waals surface area contributed by atoms with Gasteiger partial charge in [-0.05, 0) is 5.41 Å². The van der Waals surface area contributed by atoms with Crippen LogP contribution in [0.15, 0.2) is 12.1 Å². The molecule has 0 saturated carbocycles. The lowest BCUT2D eigenvalue weighted by Crippen LogP contribution is -2.32. The molecular formula is C12H16ClN3O3. The summed E-state index contributed by atoms with van der Waals surface area (Å²) in [6, 6.07) is 2.25. The number of nitrogens with one attached hydrogen (secondary N) is 1. The Morgan fingerprint density at radius 2 is 2.05 bits per heavy atom. The molecule has 0 aliphatic carbocycles. The molecule has 0 radical (unpaired) electrons. The first-order valence-corrected chi connectivity index (χ1v) is 6.01. The molecule has 1 amide bonds. The molecule has 3 N–H and O–H groups in total. The molecule has 6 nitrogen and oxygen atoms in total. The van der Waals surface area contributed by atoms with Gasteiger partial charge in [0.25, 0.3) is 11.6 Å². The number of carbonyl (C=O) groups is 1. The predicted molar refractivity (Wildman–Crippen MR) is 74.3 cm³/mol. The van der Waals surface area contributed by atoms with Crippen molar-refractivity contribution in [1.82, 2.24) is 5.32 Å². The van der Waals surface area contributed by atoms with E-state index in [0.29, 0.717) is 6.54 Å². The SMILES string of the molecule is CC(C)(C)CNC(=O)c1cc([N+](=O)[O-])cc(Cl)c1N. The van der Waals surface area contributed by atoms with E-state index in [1.807, 2.05) is 20.8 Å². The lowest BCUT2D eigenvalue weighted by molar-refractivity contribution is -0.384. The molecule has 19 heavy (non-hydrogen) atoms.